The number of likely N-dealkylation sites (tertiary alicyclic amines) is 1. The van der Waals surface area contributed by atoms with E-state index in [0.29, 0.717) is 0 Å². The summed E-state index contributed by atoms with van der Waals surface area (Å²) in [5.41, 5.74) is 5.76. The van der Waals surface area contributed by atoms with Gasteiger partial charge < -0.3 is 19.5 Å². The van der Waals surface area contributed by atoms with E-state index in [1.165, 1.54) is 19.3 Å². The molecule has 44 heavy (non-hydrogen) atoms. The molecule has 0 amide bonds. The van der Waals surface area contributed by atoms with Crippen LogP contribution in [0, 0.1) is 0 Å². The van der Waals surface area contributed by atoms with Crippen molar-refractivity contribution in [2.75, 3.05) is 19.6 Å². The number of rotatable bonds is 10. The van der Waals surface area contributed by atoms with Crippen LogP contribution in [0.3, 0.4) is 0 Å². The van der Waals surface area contributed by atoms with Gasteiger partial charge in [0.2, 0.25) is 10.0 Å². The second kappa shape index (κ2) is 14.2. The SMILES string of the molecule is O=S(=O)(NCc1cccc(-c2cccc([C@H]3O[C@@H](CN4CCCCC4)C[C@@H](c4ccc(CO)cc4)O3)c2)c1)c1ccccc1. The predicted molar refractivity (Wildman–Crippen MR) is 171 cm³/mol. The van der Waals surface area contributed by atoms with Crippen LogP contribution in [0.25, 0.3) is 11.1 Å². The summed E-state index contributed by atoms with van der Waals surface area (Å²) in [5, 5.41) is 9.52. The van der Waals surface area contributed by atoms with Crippen LogP contribution in [-0.4, -0.2) is 44.2 Å². The molecule has 2 saturated heterocycles. The van der Waals surface area contributed by atoms with Crippen molar-refractivity contribution in [3.63, 3.8) is 0 Å². The minimum absolute atomic E-state index is 0.0159. The minimum Gasteiger partial charge on any atom is -0.392 e. The Morgan fingerprint density at radius 1 is 0.750 bits per heavy atom. The maximum atomic E-state index is 12.7. The third kappa shape index (κ3) is 7.64. The molecule has 8 heteroatoms. The fourth-order valence-corrected chi connectivity index (χ4v) is 7.09. The molecule has 0 spiro atoms. The summed E-state index contributed by atoms with van der Waals surface area (Å²) in [6, 6.07) is 32.5. The fraction of sp³-hybridized carbons (Fsp3) is 0.333. The third-order valence-electron chi connectivity index (χ3n) is 8.46. The highest BCUT2D eigenvalue weighted by Crippen LogP contribution is 2.39. The molecule has 0 unspecified atom stereocenters. The Kier molecular flexibility index (Phi) is 9.86. The van der Waals surface area contributed by atoms with Crippen molar-refractivity contribution in [2.45, 2.75) is 62.2 Å². The third-order valence-corrected chi connectivity index (χ3v) is 9.88. The van der Waals surface area contributed by atoms with Gasteiger partial charge in [0, 0.05) is 25.1 Å². The number of hydrogen-bond donors (Lipinski definition) is 2. The monoisotopic (exact) mass is 612 g/mol. The molecule has 2 aliphatic rings. The number of ether oxygens (including phenoxy) is 2. The van der Waals surface area contributed by atoms with Crippen LogP contribution in [0.2, 0.25) is 0 Å². The van der Waals surface area contributed by atoms with Crippen molar-refractivity contribution < 1.29 is 23.0 Å². The van der Waals surface area contributed by atoms with E-state index in [9.17, 15) is 13.5 Å². The second-order valence-corrected chi connectivity index (χ2v) is 13.4. The van der Waals surface area contributed by atoms with Crippen molar-refractivity contribution in [2.24, 2.45) is 0 Å². The van der Waals surface area contributed by atoms with E-state index in [0.717, 1.165) is 59.4 Å². The average Bonchev–Trinajstić information content (AvgIpc) is 3.08. The number of piperidine rings is 1. The van der Waals surface area contributed by atoms with Crippen LogP contribution in [-0.2, 0) is 32.6 Å². The molecule has 0 aliphatic carbocycles. The van der Waals surface area contributed by atoms with Gasteiger partial charge in [0.1, 0.15) is 0 Å². The van der Waals surface area contributed by atoms with Gasteiger partial charge in [0.15, 0.2) is 6.29 Å². The number of aliphatic hydroxyl groups excluding tert-OH is 1. The number of nitrogens with zero attached hydrogens (tertiary/aromatic N) is 1. The molecule has 2 heterocycles. The smallest absolute Gasteiger partial charge is 0.240 e. The van der Waals surface area contributed by atoms with Crippen molar-refractivity contribution in [1.82, 2.24) is 9.62 Å². The highest BCUT2D eigenvalue weighted by atomic mass is 32.2. The lowest BCUT2D eigenvalue weighted by atomic mass is 9.98. The average molecular weight is 613 g/mol. The van der Waals surface area contributed by atoms with Gasteiger partial charge in [0.05, 0.1) is 23.7 Å². The molecule has 230 valence electrons. The standard InChI is InChI=1S/C36H40N2O5S/c39-26-27-15-17-29(18-16-27)35-23-33(25-38-19-5-2-6-20-38)42-36(43-35)32-12-8-11-31(22-32)30-10-7-9-28(21-30)24-37-44(40,41)34-13-3-1-4-14-34/h1,3-4,7-18,21-22,33,35-37,39H,2,5-6,19-20,23-26H2/t33-,35+,36+/m1/s1. The van der Waals surface area contributed by atoms with E-state index in [-0.39, 0.29) is 30.3 Å². The highest BCUT2D eigenvalue weighted by molar-refractivity contribution is 7.89. The molecule has 0 bridgehead atoms. The number of sulfonamides is 1. The van der Waals surface area contributed by atoms with Crippen LogP contribution in [0.5, 0.6) is 0 Å². The predicted octanol–water partition coefficient (Wildman–Crippen LogP) is 6.36. The lowest BCUT2D eigenvalue weighted by Gasteiger charge is -2.39. The Hall–Kier alpha value is -3.37. The zero-order valence-corrected chi connectivity index (χ0v) is 25.7. The summed E-state index contributed by atoms with van der Waals surface area (Å²) < 4.78 is 41.4. The van der Waals surface area contributed by atoms with Gasteiger partial charge in [-0.25, -0.2) is 13.1 Å². The summed E-state index contributed by atoms with van der Waals surface area (Å²) in [6.07, 6.45) is 3.90. The highest BCUT2D eigenvalue weighted by Gasteiger charge is 2.33. The topological polar surface area (TPSA) is 88.1 Å². The van der Waals surface area contributed by atoms with E-state index < -0.39 is 16.3 Å². The van der Waals surface area contributed by atoms with Gasteiger partial charge in [-0.2, -0.15) is 0 Å². The first-order chi connectivity index (χ1) is 21.5. The zero-order chi connectivity index (χ0) is 30.4. The lowest BCUT2D eigenvalue weighted by Crippen LogP contribution is -2.41. The Morgan fingerprint density at radius 2 is 1.48 bits per heavy atom. The molecule has 2 aliphatic heterocycles. The first kappa shape index (κ1) is 30.6. The molecule has 3 atom stereocenters. The molecule has 0 radical (unpaired) electrons. The van der Waals surface area contributed by atoms with Gasteiger partial charge in [-0.05, 0) is 78.0 Å². The normalized spacial score (nSPS) is 21.2. The number of benzene rings is 4. The Balaban J connectivity index is 1.21. The number of aliphatic hydroxyl groups is 1. The van der Waals surface area contributed by atoms with Crippen molar-refractivity contribution in [1.29, 1.82) is 0 Å². The quantitative estimate of drug-likeness (QED) is 0.217. The van der Waals surface area contributed by atoms with Gasteiger partial charge in [-0.3, -0.25) is 0 Å². The van der Waals surface area contributed by atoms with E-state index in [2.05, 4.69) is 21.8 Å². The molecule has 6 rings (SSSR count). The Bertz CT molecular complexity index is 1620. The lowest BCUT2D eigenvalue weighted by molar-refractivity contribution is -0.253. The molecule has 2 fully saturated rings. The van der Waals surface area contributed by atoms with Crippen LogP contribution >= 0.6 is 0 Å². The van der Waals surface area contributed by atoms with Crippen molar-refractivity contribution in [3.05, 3.63) is 125 Å². The fourth-order valence-electron chi connectivity index (χ4n) is 6.05. The van der Waals surface area contributed by atoms with E-state index in [1.807, 2.05) is 60.7 Å². The van der Waals surface area contributed by atoms with E-state index in [1.54, 1.807) is 30.3 Å². The largest absolute Gasteiger partial charge is 0.392 e. The maximum absolute atomic E-state index is 12.7. The number of hydrogen-bond acceptors (Lipinski definition) is 6. The number of nitrogens with one attached hydrogen (secondary N) is 1. The van der Waals surface area contributed by atoms with Crippen molar-refractivity contribution >= 4 is 10.0 Å². The van der Waals surface area contributed by atoms with Gasteiger partial charge in [-0.15, -0.1) is 0 Å². The molecule has 7 nitrogen and oxygen atoms in total. The zero-order valence-electron chi connectivity index (χ0n) is 24.8. The second-order valence-electron chi connectivity index (χ2n) is 11.7. The molecule has 4 aromatic rings. The Morgan fingerprint density at radius 3 is 2.23 bits per heavy atom. The van der Waals surface area contributed by atoms with E-state index in [4.69, 9.17) is 9.47 Å². The molecular formula is C36H40N2O5S. The Labute approximate surface area is 260 Å². The summed E-state index contributed by atoms with van der Waals surface area (Å²) in [4.78, 5) is 2.76. The van der Waals surface area contributed by atoms with Gasteiger partial charge in [-0.1, -0.05) is 85.3 Å². The first-order valence-corrected chi connectivity index (χ1v) is 16.9. The minimum atomic E-state index is -3.60. The van der Waals surface area contributed by atoms with Crippen LogP contribution in [0.4, 0.5) is 0 Å². The summed E-state index contributed by atoms with van der Waals surface area (Å²) in [5.74, 6) is 0. The molecule has 4 aromatic carbocycles. The maximum Gasteiger partial charge on any atom is 0.240 e. The van der Waals surface area contributed by atoms with Crippen LogP contribution in [0.1, 0.15) is 60.3 Å². The molecular weight excluding hydrogens is 572 g/mol. The van der Waals surface area contributed by atoms with Gasteiger partial charge >= 0.3 is 0 Å². The summed E-state index contributed by atoms with van der Waals surface area (Å²) >= 11 is 0. The van der Waals surface area contributed by atoms with Crippen LogP contribution < -0.4 is 4.72 Å². The van der Waals surface area contributed by atoms with Crippen molar-refractivity contribution in [3.8, 4) is 11.1 Å². The van der Waals surface area contributed by atoms with Gasteiger partial charge in [0.25, 0.3) is 0 Å². The molecule has 0 saturated carbocycles. The summed E-state index contributed by atoms with van der Waals surface area (Å²) in [6.45, 7) is 3.30. The van der Waals surface area contributed by atoms with E-state index >= 15 is 0 Å². The molecule has 2 N–H and O–H groups in total. The van der Waals surface area contributed by atoms with Crippen LogP contribution in [0.15, 0.2) is 108 Å². The first-order valence-electron chi connectivity index (χ1n) is 15.4. The summed E-state index contributed by atoms with van der Waals surface area (Å²) in [7, 11) is -3.60. The molecule has 0 aromatic heterocycles.